The van der Waals surface area contributed by atoms with E-state index in [1.807, 2.05) is 36.4 Å². The van der Waals surface area contributed by atoms with Gasteiger partial charge < -0.3 is 18.9 Å². The van der Waals surface area contributed by atoms with Gasteiger partial charge in [0.25, 0.3) is 0 Å². The van der Waals surface area contributed by atoms with Crippen LogP contribution in [0, 0.1) is 0 Å². The van der Waals surface area contributed by atoms with E-state index in [1.54, 1.807) is 12.1 Å². The molecule has 0 aromatic heterocycles. The van der Waals surface area contributed by atoms with Crippen molar-refractivity contribution < 1.29 is 33.3 Å². The molecule has 0 fully saturated rings. The summed E-state index contributed by atoms with van der Waals surface area (Å²) in [7, 11) is 0. The van der Waals surface area contributed by atoms with E-state index in [1.165, 1.54) is 76.1 Å². The van der Waals surface area contributed by atoms with Crippen LogP contribution < -0.4 is 9.47 Å². The summed E-state index contributed by atoms with van der Waals surface area (Å²) in [6, 6.07) is 21.2. The van der Waals surface area contributed by atoms with Gasteiger partial charge >= 0.3 is 17.9 Å². The molecule has 0 amide bonds. The predicted molar refractivity (Wildman–Crippen MR) is 181 cm³/mol. The molecule has 0 heterocycles. The summed E-state index contributed by atoms with van der Waals surface area (Å²) < 4.78 is 21.8. The maximum atomic E-state index is 12.7. The lowest BCUT2D eigenvalue weighted by Gasteiger charge is -2.13. The number of rotatable bonds is 21. The van der Waals surface area contributed by atoms with Crippen LogP contribution >= 0.6 is 0 Å². The molecule has 0 aliphatic rings. The van der Waals surface area contributed by atoms with Crippen molar-refractivity contribution in [3.05, 3.63) is 83.9 Å². The topological polar surface area (TPSA) is 88.1 Å². The highest BCUT2D eigenvalue weighted by Gasteiger charge is 2.20. The Balaban J connectivity index is 1.40. The third-order valence-electron chi connectivity index (χ3n) is 7.73. The molecule has 0 N–H and O–H groups in total. The maximum Gasteiger partial charge on any atom is 0.347 e. The molecule has 46 heavy (non-hydrogen) atoms. The van der Waals surface area contributed by atoms with E-state index in [0.717, 1.165) is 55.6 Å². The standard InChI is InChI=1S/C39H50O7/c1-4-6-8-10-11-12-13-15-28-43-35-24-20-32(21-25-35)31-16-18-33(19-17-31)39(42)46-36-26-22-34(23-27-36)38(41)45-30(3)37(40)44-29-14-9-7-5-2/h16-27,30H,4-15,28-29H2,1-3H3/t30-/m0/s1. The monoisotopic (exact) mass is 630 g/mol. The Morgan fingerprint density at radius 3 is 1.61 bits per heavy atom. The smallest absolute Gasteiger partial charge is 0.347 e. The molecule has 7 nitrogen and oxygen atoms in total. The molecule has 0 saturated carbocycles. The average Bonchev–Trinajstić information content (AvgIpc) is 3.08. The van der Waals surface area contributed by atoms with Crippen molar-refractivity contribution in [2.45, 2.75) is 104 Å². The highest BCUT2D eigenvalue weighted by molar-refractivity contribution is 5.93. The summed E-state index contributed by atoms with van der Waals surface area (Å²) in [5, 5.41) is 0. The van der Waals surface area contributed by atoms with Crippen LogP contribution in [0.4, 0.5) is 0 Å². The van der Waals surface area contributed by atoms with Crippen LogP contribution in [-0.4, -0.2) is 37.2 Å². The molecule has 0 unspecified atom stereocenters. The predicted octanol–water partition coefficient (Wildman–Crippen LogP) is 9.76. The Labute approximate surface area is 274 Å². The Kier molecular flexibility index (Phi) is 16.4. The molecule has 0 aliphatic carbocycles. The first-order valence-electron chi connectivity index (χ1n) is 16.9. The second-order valence-electron chi connectivity index (χ2n) is 11.6. The summed E-state index contributed by atoms with van der Waals surface area (Å²) in [6.45, 7) is 6.88. The number of ether oxygens (including phenoxy) is 4. The fraction of sp³-hybridized carbons (Fsp3) is 0.462. The molecule has 7 heteroatoms. The number of benzene rings is 3. The van der Waals surface area contributed by atoms with Gasteiger partial charge in [-0.1, -0.05) is 102 Å². The van der Waals surface area contributed by atoms with Crippen LogP contribution in [-0.2, 0) is 14.3 Å². The first-order valence-corrected chi connectivity index (χ1v) is 16.9. The lowest BCUT2D eigenvalue weighted by molar-refractivity contribution is -0.153. The number of esters is 3. The van der Waals surface area contributed by atoms with Crippen LogP contribution in [0.15, 0.2) is 72.8 Å². The number of hydrogen-bond acceptors (Lipinski definition) is 7. The van der Waals surface area contributed by atoms with Crippen molar-refractivity contribution in [2.24, 2.45) is 0 Å². The molecular weight excluding hydrogens is 580 g/mol. The zero-order valence-corrected chi connectivity index (χ0v) is 27.8. The minimum Gasteiger partial charge on any atom is -0.494 e. The van der Waals surface area contributed by atoms with Gasteiger partial charge in [-0.25, -0.2) is 14.4 Å². The van der Waals surface area contributed by atoms with E-state index >= 15 is 0 Å². The number of carbonyl (C=O) groups is 3. The average molecular weight is 631 g/mol. The van der Waals surface area contributed by atoms with Gasteiger partial charge in [-0.3, -0.25) is 0 Å². The molecule has 0 spiro atoms. The molecule has 1 atom stereocenters. The SMILES string of the molecule is CCCCCCCCCCOc1ccc(-c2ccc(C(=O)Oc3ccc(C(=O)O[C@@H](C)C(=O)OCCCCCC)cc3)cc2)cc1. The Bertz CT molecular complexity index is 1310. The van der Waals surface area contributed by atoms with Crippen LogP contribution in [0.5, 0.6) is 11.5 Å². The molecule has 0 bridgehead atoms. The van der Waals surface area contributed by atoms with Crippen LogP contribution in [0.3, 0.4) is 0 Å². The Hall–Kier alpha value is -4.13. The molecule has 0 aliphatic heterocycles. The van der Waals surface area contributed by atoms with Crippen molar-refractivity contribution in [3.8, 4) is 22.6 Å². The minimum absolute atomic E-state index is 0.233. The van der Waals surface area contributed by atoms with Crippen LogP contribution in [0.1, 0.15) is 119 Å². The minimum atomic E-state index is -1.02. The number of unbranched alkanes of at least 4 members (excludes halogenated alkanes) is 10. The van der Waals surface area contributed by atoms with Crippen molar-refractivity contribution in [3.63, 3.8) is 0 Å². The molecule has 0 radical (unpaired) electrons. The molecular formula is C39H50O7. The van der Waals surface area contributed by atoms with Crippen molar-refractivity contribution >= 4 is 17.9 Å². The highest BCUT2D eigenvalue weighted by atomic mass is 16.6. The maximum absolute atomic E-state index is 12.7. The van der Waals surface area contributed by atoms with E-state index in [4.69, 9.17) is 18.9 Å². The summed E-state index contributed by atoms with van der Waals surface area (Å²) in [5.41, 5.74) is 2.64. The molecule has 248 valence electrons. The fourth-order valence-corrected chi connectivity index (χ4v) is 4.89. The van der Waals surface area contributed by atoms with Gasteiger partial charge in [-0.2, -0.15) is 0 Å². The van der Waals surface area contributed by atoms with E-state index in [0.29, 0.717) is 12.2 Å². The van der Waals surface area contributed by atoms with E-state index in [-0.39, 0.29) is 11.3 Å². The zero-order valence-electron chi connectivity index (χ0n) is 27.8. The van der Waals surface area contributed by atoms with Gasteiger partial charge in [-0.15, -0.1) is 0 Å². The van der Waals surface area contributed by atoms with Gasteiger partial charge in [0.15, 0.2) is 6.10 Å². The summed E-state index contributed by atoms with van der Waals surface area (Å²) >= 11 is 0. The lowest BCUT2D eigenvalue weighted by atomic mass is 10.0. The van der Waals surface area contributed by atoms with Gasteiger partial charge in [0, 0.05) is 0 Å². The highest BCUT2D eigenvalue weighted by Crippen LogP contribution is 2.24. The van der Waals surface area contributed by atoms with Crippen molar-refractivity contribution in [1.29, 1.82) is 0 Å². The lowest BCUT2D eigenvalue weighted by Crippen LogP contribution is -2.26. The fourth-order valence-electron chi connectivity index (χ4n) is 4.89. The summed E-state index contributed by atoms with van der Waals surface area (Å²) in [6.07, 6.45) is 13.1. The Morgan fingerprint density at radius 2 is 1.00 bits per heavy atom. The van der Waals surface area contributed by atoms with E-state index < -0.39 is 24.0 Å². The van der Waals surface area contributed by atoms with Gasteiger partial charge in [0.1, 0.15) is 11.5 Å². The van der Waals surface area contributed by atoms with Gasteiger partial charge in [0.2, 0.25) is 0 Å². The first-order chi connectivity index (χ1) is 22.4. The quantitative estimate of drug-likeness (QED) is 0.0658. The van der Waals surface area contributed by atoms with Crippen molar-refractivity contribution in [2.75, 3.05) is 13.2 Å². The zero-order chi connectivity index (χ0) is 33.0. The molecule has 3 rings (SSSR count). The third kappa shape index (κ3) is 13.1. The first kappa shape index (κ1) is 36.3. The van der Waals surface area contributed by atoms with Gasteiger partial charge in [0.05, 0.1) is 24.3 Å². The molecule has 3 aromatic carbocycles. The van der Waals surface area contributed by atoms with E-state index in [2.05, 4.69) is 13.8 Å². The van der Waals surface area contributed by atoms with Gasteiger partial charge in [-0.05, 0) is 79.4 Å². The largest absolute Gasteiger partial charge is 0.494 e. The van der Waals surface area contributed by atoms with E-state index in [9.17, 15) is 14.4 Å². The second kappa shape index (κ2) is 20.8. The summed E-state index contributed by atoms with van der Waals surface area (Å²) in [5.74, 6) is -0.602. The second-order valence-corrected chi connectivity index (χ2v) is 11.6. The normalized spacial score (nSPS) is 11.5. The Morgan fingerprint density at radius 1 is 0.543 bits per heavy atom. The van der Waals surface area contributed by atoms with Crippen LogP contribution in [0.25, 0.3) is 11.1 Å². The third-order valence-corrected chi connectivity index (χ3v) is 7.73. The molecule has 0 saturated heterocycles. The van der Waals surface area contributed by atoms with Crippen molar-refractivity contribution in [1.82, 2.24) is 0 Å². The number of carbonyl (C=O) groups excluding carboxylic acids is 3. The number of hydrogen-bond donors (Lipinski definition) is 0. The molecule has 3 aromatic rings. The van der Waals surface area contributed by atoms with Crippen LogP contribution in [0.2, 0.25) is 0 Å². The summed E-state index contributed by atoms with van der Waals surface area (Å²) in [4.78, 5) is 37.3.